The third kappa shape index (κ3) is 2.11. The first kappa shape index (κ1) is 9.62. The highest BCUT2D eigenvalue weighted by molar-refractivity contribution is 5.08. The highest BCUT2D eigenvalue weighted by Crippen LogP contribution is 2.18. The summed E-state index contributed by atoms with van der Waals surface area (Å²) in [4.78, 5) is 6.58. The molecule has 0 bridgehead atoms. The third-order valence-corrected chi connectivity index (χ3v) is 2.88. The second kappa shape index (κ2) is 4.53. The van der Waals surface area contributed by atoms with E-state index in [2.05, 4.69) is 16.0 Å². The van der Waals surface area contributed by atoms with E-state index in [-0.39, 0.29) is 0 Å². The number of hydrogen-bond donors (Lipinski definition) is 1. The summed E-state index contributed by atoms with van der Waals surface area (Å²) in [6.45, 7) is 2.95. The maximum atomic E-state index is 5.72. The zero-order valence-corrected chi connectivity index (χ0v) is 8.39. The molecular weight excluding hydrogens is 174 g/mol. The van der Waals surface area contributed by atoms with E-state index in [4.69, 9.17) is 5.73 Å². The molecule has 0 spiro atoms. The molecule has 2 heterocycles. The summed E-state index contributed by atoms with van der Waals surface area (Å²) in [6, 6.07) is 4.69. The number of aromatic nitrogens is 1. The van der Waals surface area contributed by atoms with Gasteiger partial charge in [0.15, 0.2) is 0 Å². The first-order chi connectivity index (χ1) is 6.90. The Morgan fingerprint density at radius 3 is 3.21 bits per heavy atom. The molecule has 0 unspecified atom stereocenters. The van der Waals surface area contributed by atoms with Gasteiger partial charge in [0, 0.05) is 31.5 Å². The summed E-state index contributed by atoms with van der Waals surface area (Å²) in [7, 11) is 0. The zero-order chi connectivity index (χ0) is 9.80. The standard InChI is InChI=1S/C11H17N3/c12-7-11-4-2-6-14(11)9-10-3-1-5-13-8-10/h1,3,5,8,11H,2,4,6-7,9,12H2/t11-/m0/s1. The van der Waals surface area contributed by atoms with Gasteiger partial charge < -0.3 is 5.73 Å². The van der Waals surface area contributed by atoms with Crippen LogP contribution in [0.2, 0.25) is 0 Å². The molecule has 0 saturated carbocycles. The van der Waals surface area contributed by atoms with Crippen LogP contribution >= 0.6 is 0 Å². The van der Waals surface area contributed by atoms with E-state index >= 15 is 0 Å². The Hall–Kier alpha value is -0.930. The number of hydrogen-bond acceptors (Lipinski definition) is 3. The molecule has 1 fully saturated rings. The largest absolute Gasteiger partial charge is 0.329 e. The van der Waals surface area contributed by atoms with Crippen LogP contribution in [-0.4, -0.2) is 29.0 Å². The fraction of sp³-hybridized carbons (Fsp3) is 0.545. The van der Waals surface area contributed by atoms with Crippen molar-refractivity contribution >= 4 is 0 Å². The van der Waals surface area contributed by atoms with Gasteiger partial charge in [-0.15, -0.1) is 0 Å². The summed E-state index contributed by atoms with van der Waals surface area (Å²) >= 11 is 0. The van der Waals surface area contributed by atoms with Gasteiger partial charge in [-0.2, -0.15) is 0 Å². The van der Waals surface area contributed by atoms with Gasteiger partial charge in [0.2, 0.25) is 0 Å². The van der Waals surface area contributed by atoms with Crippen molar-refractivity contribution in [1.82, 2.24) is 9.88 Å². The van der Waals surface area contributed by atoms with Crippen molar-refractivity contribution in [2.75, 3.05) is 13.1 Å². The average Bonchev–Trinajstić information content (AvgIpc) is 2.67. The molecule has 1 aromatic heterocycles. The molecule has 0 aromatic carbocycles. The van der Waals surface area contributed by atoms with Crippen LogP contribution in [0.4, 0.5) is 0 Å². The van der Waals surface area contributed by atoms with E-state index in [0.717, 1.165) is 13.1 Å². The highest BCUT2D eigenvalue weighted by atomic mass is 15.2. The fourth-order valence-corrected chi connectivity index (χ4v) is 2.10. The van der Waals surface area contributed by atoms with E-state index in [1.165, 1.54) is 24.9 Å². The van der Waals surface area contributed by atoms with Crippen LogP contribution in [0.1, 0.15) is 18.4 Å². The summed E-state index contributed by atoms with van der Waals surface area (Å²) in [5, 5.41) is 0. The number of pyridine rings is 1. The zero-order valence-electron chi connectivity index (χ0n) is 8.39. The third-order valence-electron chi connectivity index (χ3n) is 2.88. The maximum Gasteiger partial charge on any atom is 0.0312 e. The van der Waals surface area contributed by atoms with Crippen molar-refractivity contribution in [2.45, 2.75) is 25.4 Å². The predicted molar refractivity (Wildman–Crippen MR) is 56.7 cm³/mol. The number of likely N-dealkylation sites (tertiary alicyclic amines) is 1. The smallest absolute Gasteiger partial charge is 0.0312 e. The Balaban J connectivity index is 1.97. The van der Waals surface area contributed by atoms with E-state index < -0.39 is 0 Å². The average molecular weight is 191 g/mol. The Morgan fingerprint density at radius 1 is 1.57 bits per heavy atom. The molecule has 3 heteroatoms. The van der Waals surface area contributed by atoms with Crippen molar-refractivity contribution in [3.8, 4) is 0 Å². The summed E-state index contributed by atoms with van der Waals surface area (Å²) in [5.41, 5.74) is 7.01. The maximum absolute atomic E-state index is 5.72. The molecule has 3 nitrogen and oxygen atoms in total. The first-order valence-corrected chi connectivity index (χ1v) is 5.23. The number of rotatable bonds is 3. The lowest BCUT2D eigenvalue weighted by Crippen LogP contribution is -2.34. The normalized spacial score (nSPS) is 22.8. The highest BCUT2D eigenvalue weighted by Gasteiger charge is 2.22. The van der Waals surface area contributed by atoms with Gasteiger partial charge in [0.05, 0.1) is 0 Å². The SMILES string of the molecule is NC[C@@H]1CCCN1Cc1cccnc1. The van der Waals surface area contributed by atoms with E-state index in [9.17, 15) is 0 Å². The molecule has 2 N–H and O–H groups in total. The van der Waals surface area contributed by atoms with Crippen molar-refractivity contribution < 1.29 is 0 Å². The van der Waals surface area contributed by atoms with Crippen LogP contribution < -0.4 is 5.73 Å². The fourth-order valence-electron chi connectivity index (χ4n) is 2.10. The van der Waals surface area contributed by atoms with Crippen LogP contribution in [0, 0.1) is 0 Å². The molecule has 1 aliphatic heterocycles. The van der Waals surface area contributed by atoms with Crippen LogP contribution in [-0.2, 0) is 6.54 Å². The minimum atomic E-state index is 0.579. The quantitative estimate of drug-likeness (QED) is 0.775. The van der Waals surface area contributed by atoms with Crippen molar-refractivity contribution in [2.24, 2.45) is 5.73 Å². The summed E-state index contributed by atoms with van der Waals surface area (Å²) in [5.74, 6) is 0. The van der Waals surface area contributed by atoms with Gasteiger partial charge in [0.1, 0.15) is 0 Å². The molecule has 0 amide bonds. The molecule has 1 atom stereocenters. The van der Waals surface area contributed by atoms with Gasteiger partial charge in [-0.1, -0.05) is 6.07 Å². The molecule has 0 radical (unpaired) electrons. The van der Waals surface area contributed by atoms with Crippen LogP contribution in [0.15, 0.2) is 24.5 Å². The number of nitrogens with zero attached hydrogens (tertiary/aromatic N) is 2. The van der Waals surface area contributed by atoms with Gasteiger partial charge in [-0.05, 0) is 31.0 Å². The molecule has 2 rings (SSSR count). The van der Waals surface area contributed by atoms with Crippen molar-refractivity contribution in [1.29, 1.82) is 0 Å². The Kier molecular flexibility index (Phi) is 3.11. The Bertz CT molecular complexity index is 273. The Morgan fingerprint density at radius 2 is 2.50 bits per heavy atom. The lowest BCUT2D eigenvalue weighted by Gasteiger charge is -2.22. The minimum Gasteiger partial charge on any atom is -0.329 e. The summed E-state index contributed by atoms with van der Waals surface area (Å²) in [6.07, 6.45) is 6.28. The van der Waals surface area contributed by atoms with E-state index in [1.54, 1.807) is 0 Å². The lowest BCUT2D eigenvalue weighted by atomic mass is 10.2. The molecule has 1 saturated heterocycles. The minimum absolute atomic E-state index is 0.579. The van der Waals surface area contributed by atoms with E-state index in [1.807, 2.05) is 18.5 Å². The van der Waals surface area contributed by atoms with Gasteiger partial charge in [-0.3, -0.25) is 9.88 Å². The second-order valence-electron chi connectivity index (χ2n) is 3.86. The number of nitrogens with two attached hydrogens (primary N) is 1. The Labute approximate surface area is 84.9 Å². The van der Waals surface area contributed by atoms with Gasteiger partial charge in [0.25, 0.3) is 0 Å². The monoisotopic (exact) mass is 191 g/mol. The van der Waals surface area contributed by atoms with E-state index in [0.29, 0.717) is 6.04 Å². The topological polar surface area (TPSA) is 42.1 Å². The van der Waals surface area contributed by atoms with Crippen LogP contribution in [0.25, 0.3) is 0 Å². The lowest BCUT2D eigenvalue weighted by molar-refractivity contribution is 0.250. The van der Waals surface area contributed by atoms with Crippen molar-refractivity contribution in [3.63, 3.8) is 0 Å². The molecule has 1 aliphatic rings. The second-order valence-corrected chi connectivity index (χ2v) is 3.86. The van der Waals surface area contributed by atoms with Gasteiger partial charge >= 0.3 is 0 Å². The van der Waals surface area contributed by atoms with Gasteiger partial charge in [-0.25, -0.2) is 0 Å². The van der Waals surface area contributed by atoms with Crippen LogP contribution in [0.5, 0.6) is 0 Å². The van der Waals surface area contributed by atoms with Crippen molar-refractivity contribution in [3.05, 3.63) is 30.1 Å². The molecular formula is C11H17N3. The summed E-state index contributed by atoms with van der Waals surface area (Å²) < 4.78 is 0. The van der Waals surface area contributed by atoms with Crippen LogP contribution in [0.3, 0.4) is 0 Å². The predicted octanol–water partition coefficient (Wildman–Crippen LogP) is 1.00. The molecule has 14 heavy (non-hydrogen) atoms. The molecule has 1 aromatic rings. The molecule has 76 valence electrons. The first-order valence-electron chi connectivity index (χ1n) is 5.23. The molecule has 0 aliphatic carbocycles.